The summed E-state index contributed by atoms with van der Waals surface area (Å²) in [5, 5.41) is 8.19. The topological polar surface area (TPSA) is 85.4 Å². The molecule has 0 aliphatic rings. The minimum absolute atomic E-state index is 0.0469. The van der Waals surface area contributed by atoms with Crippen LogP contribution in [0.2, 0.25) is 0 Å². The normalized spacial score (nSPS) is 10.9. The number of ether oxygens (including phenoxy) is 2. The van der Waals surface area contributed by atoms with Crippen molar-refractivity contribution in [2.24, 2.45) is 0 Å². The molecule has 2 aromatic carbocycles. The number of fused-ring (bicyclic) bond motifs is 1. The molecule has 0 aliphatic carbocycles. The van der Waals surface area contributed by atoms with Gasteiger partial charge in [-0.25, -0.2) is 9.97 Å². The van der Waals surface area contributed by atoms with Crippen molar-refractivity contribution in [3.8, 4) is 22.9 Å². The number of carbonyl (C=O) groups is 1. The van der Waals surface area contributed by atoms with Crippen LogP contribution in [-0.4, -0.2) is 35.6 Å². The molecule has 4 rings (SSSR count). The number of hydrogen-bond donors (Lipinski definition) is 2. The molecule has 1 amide bonds. The van der Waals surface area contributed by atoms with Crippen LogP contribution in [0.4, 0.5) is 11.5 Å². The summed E-state index contributed by atoms with van der Waals surface area (Å²) in [6.07, 6.45) is 0. The summed E-state index contributed by atoms with van der Waals surface area (Å²) in [5.41, 5.74) is 2.53. The maximum Gasteiger partial charge on any atom is 0.258 e. The quantitative estimate of drug-likeness (QED) is 0.394. The third-order valence-corrected chi connectivity index (χ3v) is 5.46. The summed E-state index contributed by atoms with van der Waals surface area (Å²) in [6, 6.07) is 17.2. The average molecular weight is 449 g/mol. The number of nitrogens with zero attached hydrogens (tertiary/aromatic N) is 2. The van der Waals surface area contributed by atoms with Gasteiger partial charge < -0.3 is 20.1 Å². The maximum absolute atomic E-state index is 11.9. The number of thiophene rings is 1. The molecule has 0 aliphatic heterocycles. The molecule has 8 heteroatoms. The molecular weight excluding hydrogens is 424 g/mol. The van der Waals surface area contributed by atoms with Crippen LogP contribution in [0.3, 0.4) is 0 Å². The highest BCUT2D eigenvalue weighted by Gasteiger charge is 2.13. The molecule has 2 N–H and O–H groups in total. The lowest BCUT2D eigenvalue weighted by molar-refractivity contribution is -0.123. The van der Waals surface area contributed by atoms with Crippen LogP contribution < -0.4 is 20.1 Å². The lowest BCUT2D eigenvalue weighted by atomic mass is 10.2. The van der Waals surface area contributed by atoms with Crippen molar-refractivity contribution < 1.29 is 14.3 Å². The lowest BCUT2D eigenvalue weighted by Crippen LogP contribution is -2.34. The molecule has 0 atom stereocenters. The minimum Gasteiger partial charge on any atom is -0.497 e. The summed E-state index contributed by atoms with van der Waals surface area (Å²) in [6.45, 7) is 3.77. The number of carbonyl (C=O) groups excluding carboxylic acids is 1. The molecule has 2 heterocycles. The number of anilines is 2. The second-order valence-corrected chi connectivity index (χ2v) is 8.34. The zero-order valence-corrected chi connectivity index (χ0v) is 18.9. The first-order valence-electron chi connectivity index (χ1n) is 10.2. The fourth-order valence-corrected chi connectivity index (χ4v) is 3.93. The maximum atomic E-state index is 11.9. The van der Waals surface area contributed by atoms with Gasteiger partial charge in [0.1, 0.15) is 11.5 Å². The van der Waals surface area contributed by atoms with Gasteiger partial charge >= 0.3 is 0 Å². The van der Waals surface area contributed by atoms with Crippen LogP contribution in [0.5, 0.6) is 11.5 Å². The Morgan fingerprint density at radius 1 is 1.06 bits per heavy atom. The van der Waals surface area contributed by atoms with Crippen LogP contribution in [0.1, 0.15) is 13.8 Å². The van der Waals surface area contributed by atoms with Crippen molar-refractivity contribution in [2.45, 2.75) is 19.9 Å². The van der Waals surface area contributed by atoms with E-state index in [1.807, 2.05) is 73.8 Å². The summed E-state index contributed by atoms with van der Waals surface area (Å²) in [5.74, 6) is 2.47. The molecule has 0 saturated carbocycles. The van der Waals surface area contributed by atoms with Gasteiger partial charge in [0.25, 0.3) is 5.91 Å². The van der Waals surface area contributed by atoms with Crippen LogP contribution in [0.15, 0.2) is 60.0 Å². The van der Waals surface area contributed by atoms with E-state index >= 15 is 0 Å². The SMILES string of the molecule is COc1cccc(Nc2nc(-c3cccc(OCC(=O)NC(C)C)c3)nc3ccsc23)c1. The molecule has 0 fully saturated rings. The Bertz CT molecular complexity index is 1240. The van der Waals surface area contributed by atoms with Gasteiger partial charge in [-0.15, -0.1) is 11.3 Å². The molecule has 2 aromatic heterocycles. The molecule has 32 heavy (non-hydrogen) atoms. The van der Waals surface area contributed by atoms with Crippen LogP contribution in [0.25, 0.3) is 21.6 Å². The second kappa shape index (κ2) is 9.65. The van der Waals surface area contributed by atoms with E-state index in [1.165, 1.54) is 0 Å². The first kappa shape index (κ1) is 21.6. The van der Waals surface area contributed by atoms with Crippen molar-refractivity contribution in [3.05, 3.63) is 60.0 Å². The minimum atomic E-state index is -0.161. The molecule has 0 radical (unpaired) electrons. The Morgan fingerprint density at radius 2 is 1.88 bits per heavy atom. The molecule has 0 spiro atoms. The molecule has 0 bridgehead atoms. The Labute approximate surface area is 190 Å². The van der Waals surface area contributed by atoms with Crippen LogP contribution in [-0.2, 0) is 4.79 Å². The van der Waals surface area contributed by atoms with Gasteiger partial charge in [-0.05, 0) is 49.6 Å². The van der Waals surface area contributed by atoms with Crippen molar-refractivity contribution in [1.82, 2.24) is 15.3 Å². The van der Waals surface area contributed by atoms with E-state index in [0.717, 1.165) is 33.0 Å². The van der Waals surface area contributed by atoms with Crippen molar-refractivity contribution >= 4 is 39.0 Å². The van der Waals surface area contributed by atoms with E-state index < -0.39 is 0 Å². The van der Waals surface area contributed by atoms with Gasteiger partial charge in [-0.1, -0.05) is 18.2 Å². The third kappa shape index (κ3) is 5.15. The molecular formula is C24H24N4O3S. The highest BCUT2D eigenvalue weighted by molar-refractivity contribution is 7.17. The lowest BCUT2D eigenvalue weighted by Gasteiger charge is -2.12. The number of hydrogen-bond acceptors (Lipinski definition) is 7. The van der Waals surface area contributed by atoms with Gasteiger partial charge in [0, 0.05) is 23.4 Å². The molecule has 164 valence electrons. The smallest absolute Gasteiger partial charge is 0.258 e. The van der Waals surface area contributed by atoms with Gasteiger partial charge in [-0.3, -0.25) is 4.79 Å². The van der Waals surface area contributed by atoms with Crippen molar-refractivity contribution in [2.75, 3.05) is 19.0 Å². The van der Waals surface area contributed by atoms with E-state index in [9.17, 15) is 4.79 Å². The summed E-state index contributed by atoms with van der Waals surface area (Å²) in [4.78, 5) is 21.4. The number of aromatic nitrogens is 2. The summed E-state index contributed by atoms with van der Waals surface area (Å²) < 4.78 is 11.9. The predicted molar refractivity (Wildman–Crippen MR) is 128 cm³/mol. The number of benzene rings is 2. The van der Waals surface area contributed by atoms with Crippen LogP contribution in [0, 0.1) is 0 Å². The Morgan fingerprint density at radius 3 is 2.69 bits per heavy atom. The molecule has 4 aromatic rings. The molecule has 0 unspecified atom stereocenters. The number of amides is 1. The van der Waals surface area contributed by atoms with Gasteiger partial charge in [0.05, 0.1) is 17.3 Å². The second-order valence-electron chi connectivity index (χ2n) is 7.43. The Kier molecular flexibility index (Phi) is 6.51. The Hall–Kier alpha value is -3.65. The van der Waals surface area contributed by atoms with E-state index in [-0.39, 0.29) is 18.6 Å². The fraction of sp³-hybridized carbons (Fsp3) is 0.208. The standard InChI is InChI=1S/C24H24N4O3S/c1-15(2)25-21(29)14-31-19-9-4-6-16(12-19)23-27-20-10-11-32-22(20)24(28-23)26-17-7-5-8-18(13-17)30-3/h4-13,15H,14H2,1-3H3,(H,25,29)(H,26,27,28). The number of rotatable bonds is 8. The van der Waals surface area contributed by atoms with E-state index in [2.05, 4.69) is 10.6 Å². The first-order valence-corrected chi connectivity index (χ1v) is 11.1. The van der Waals surface area contributed by atoms with Crippen molar-refractivity contribution in [1.29, 1.82) is 0 Å². The first-order chi connectivity index (χ1) is 15.5. The van der Waals surface area contributed by atoms with E-state index in [0.29, 0.717) is 11.6 Å². The Balaban J connectivity index is 1.61. The van der Waals surface area contributed by atoms with E-state index in [1.54, 1.807) is 18.4 Å². The molecule has 7 nitrogen and oxygen atoms in total. The highest BCUT2D eigenvalue weighted by Crippen LogP contribution is 2.32. The number of nitrogens with one attached hydrogen (secondary N) is 2. The molecule has 0 saturated heterocycles. The van der Waals surface area contributed by atoms with E-state index in [4.69, 9.17) is 19.4 Å². The summed E-state index contributed by atoms with van der Waals surface area (Å²) >= 11 is 1.58. The zero-order valence-electron chi connectivity index (χ0n) is 18.1. The third-order valence-electron chi connectivity index (χ3n) is 4.55. The summed E-state index contributed by atoms with van der Waals surface area (Å²) in [7, 11) is 1.64. The number of methoxy groups -OCH3 is 1. The monoisotopic (exact) mass is 448 g/mol. The van der Waals surface area contributed by atoms with Gasteiger partial charge in [0.2, 0.25) is 0 Å². The average Bonchev–Trinajstić information content (AvgIpc) is 3.27. The zero-order chi connectivity index (χ0) is 22.5. The van der Waals surface area contributed by atoms with Crippen molar-refractivity contribution in [3.63, 3.8) is 0 Å². The van der Waals surface area contributed by atoms with Gasteiger partial charge in [-0.2, -0.15) is 0 Å². The fourth-order valence-electron chi connectivity index (χ4n) is 3.15. The predicted octanol–water partition coefficient (Wildman–Crippen LogP) is 5.01. The van der Waals surface area contributed by atoms with Crippen LogP contribution >= 0.6 is 11.3 Å². The highest BCUT2D eigenvalue weighted by atomic mass is 32.1. The van der Waals surface area contributed by atoms with Gasteiger partial charge in [0.15, 0.2) is 18.2 Å². The largest absolute Gasteiger partial charge is 0.497 e.